The Hall–Kier alpha value is -2.77. The standard InChI is InChI=1S/C10H11N7O/c1-18-10-14-2-5(3-15-10)7(11)6-8(12)16-4-17-9(6)13/h2-4,11H,1H3,(H4,12,13,16,17)/p+1. The second kappa shape index (κ2) is 4.62. The van der Waals surface area contributed by atoms with Crippen LogP contribution in [0.15, 0.2) is 18.7 Å². The number of nitrogen functional groups attached to an aromatic ring is 2. The monoisotopic (exact) mass is 246 g/mol. The van der Waals surface area contributed by atoms with E-state index >= 15 is 0 Å². The Kier molecular flexibility index (Phi) is 3.00. The molecule has 92 valence electrons. The van der Waals surface area contributed by atoms with E-state index in [1.54, 1.807) is 0 Å². The van der Waals surface area contributed by atoms with Crippen molar-refractivity contribution in [3.05, 3.63) is 29.8 Å². The Balaban J connectivity index is 2.41. The van der Waals surface area contributed by atoms with Crippen LogP contribution in [0.25, 0.3) is 0 Å². The number of hydrogen-bond acceptors (Lipinski definition) is 7. The highest BCUT2D eigenvalue weighted by Gasteiger charge is 2.19. The highest BCUT2D eigenvalue weighted by Crippen LogP contribution is 2.17. The number of nitrogens with two attached hydrogens (primary N) is 3. The number of hydrogen-bond donors (Lipinski definition) is 3. The molecule has 0 amide bonds. The van der Waals surface area contributed by atoms with Crippen LogP contribution in [0.1, 0.15) is 11.1 Å². The van der Waals surface area contributed by atoms with Crippen molar-refractivity contribution >= 4 is 17.3 Å². The Morgan fingerprint density at radius 3 is 2.17 bits per heavy atom. The maximum absolute atomic E-state index is 5.97. The number of nitrogens with zero attached hydrogens (tertiary/aromatic N) is 4. The maximum Gasteiger partial charge on any atom is 0.316 e. The van der Waals surface area contributed by atoms with Gasteiger partial charge in [-0.1, -0.05) is 0 Å². The van der Waals surface area contributed by atoms with Crippen LogP contribution >= 0.6 is 0 Å². The van der Waals surface area contributed by atoms with Gasteiger partial charge in [-0.15, -0.1) is 0 Å². The average molecular weight is 246 g/mol. The molecule has 0 radical (unpaired) electrons. The zero-order valence-corrected chi connectivity index (χ0v) is 9.66. The van der Waals surface area contributed by atoms with Crippen LogP contribution in [-0.4, -0.2) is 32.8 Å². The second-order valence-electron chi connectivity index (χ2n) is 3.39. The molecule has 0 saturated heterocycles. The molecule has 2 rings (SSSR count). The van der Waals surface area contributed by atoms with Crippen LogP contribution in [0.4, 0.5) is 11.6 Å². The molecule has 2 heterocycles. The van der Waals surface area contributed by atoms with Crippen LogP contribution in [0, 0.1) is 0 Å². The third kappa shape index (κ3) is 2.03. The van der Waals surface area contributed by atoms with Crippen molar-refractivity contribution < 1.29 is 10.1 Å². The van der Waals surface area contributed by atoms with Gasteiger partial charge in [0.2, 0.25) is 5.71 Å². The molecule has 0 aliphatic carbocycles. The van der Waals surface area contributed by atoms with Crippen molar-refractivity contribution in [3.8, 4) is 6.01 Å². The molecule has 0 aromatic carbocycles. The third-order valence-corrected chi connectivity index (χ3v) is 2.30. The van der Waals surface area contributed by atoms with Gasteiger partial charge in [0.05, 0.1) is 12.7 Å². The minimum absolute atomic E-state index is 0.204. The van der Waals surface area contributed by atoms with E-state index in [0.717, 1.165) is 0 Å². The van der Waals surface area contributed by atoms with Crippen molar-refractivity contribution in [2.75, 3.05) is 18.6 Å². The highest BCUT2D eigenvalue weighted by atomic mass is 16.5. The molecule has 18 heavy (non-hydrogen) atoms. The summed E-state index contributed by atoms with van der Waals surface area (Å²) in [6.45, 7) is 0. The van der Waals surface area contributed by atoms with Gasteiger partial charge in [0.15, 0.2) is 0 Å². The van der Waals surface area contributed by atoms with Crippen molar-refractivity contribution in [1.82, 2.24) is 19.9 Å². The summed E-state index contributed by atoms with van der Waals surface area (Å²) < 4.78 is 4.86. The SMILES string of the molecule is COc1ncc(C(=[NH2+])c2c(N)ncnc2N)cn1. The van der Waals surface area contributed by atoms with E-state index in [4.69, 9.17) is 21.6 Å². The van der Waals surface area contributed by atoms with Gasteiger partial charge >= 0.3 is 6.01 Å². The van der Waals surface area contributed by atoms with E-state index in [0.29, 0.717) is 16.8 Å². The molecule has 8 heteroatoms. The molecule has 6 N–H and O–H groups in total. The lowest BCUT2D eigenvalue weighted by molar-refractivity contribution is -0.111. The second-order valence-corrected chi connectivity index (χ2v) is 3.39. The summed E-state index contributed by atoms with van der Waals surface area (Å²) in [5.41, 5.74) is 12.7. The van der Waals surface area contributed by atoms with Crippen LogP contribution in [0.3, 0.4) is 0 Å². The summed E-state index contributed by atoms with van der Waals surface area (Å²) in [5, 5.41) is 5.97. The zero-order valence-electron chi connectivity index (χ0n) is 9.66. The van der Waals surface area contributed by atoms with E-state index in [-0.39, 0.29) is 17.6 Å². The fourth-order valence-corrected chi connectivity index (χ4v) is 1.39. The molecule has 0 saturated carbocycles. The fraction of sp³-hybridized carbons (Fsp3) is 0.100. The Morgan fingerprint density at radius 1 is 1.11 bits per heavy atom. The van der Waals surface area contributed by atoms with Crippen LogP contribution in [0.5, 0.6) is 6.01 Å². The van der Waals surface area contributed by atoms with E-state index in [2.05, 4.69) is 19.9 Å². The normalized spacial score (nSPS) is 10.1. The number of rotatable bonds is 3. The van der Waals surface area contributed by atoms with Gasteiger partial charge in [-0.2, -0.15) is 0 Å². The lowest BCUT2D eigenvalue weighted by Gasteiger charge is -2.04. The summed E-state index contributed by atoms with van der Waals surface area (Å²) in [6, 6.07) is 0.247. The Morgan fingerprint density at radius 2 is 1.67 bits per heavy atom. The van der Waals surface area contributed by atoms with E-state index in [1.807, 2.05) is 0 Å². The first kappa shape index (κ1) is 11.7. The summed E-state index contributed by atoms with van der Waals surface area (Å²) >= 11 is 0. The van der Waals surface area contributed by atoms with Crippen molar-refractivity contribution in [1.29, 1.82) is 0 Å². The molecular formula is C10H12N7O+. The largest absolute Gasteiger partial charge is 0.467 e. The third-order valence-electron chi connectivity index (χ3n) is 2.30. The number of aromatic nitrogens is 4. The first-order valence-electron chi connectivity index (χ1n) is 4.98. The molecule has 0 spiro atoms. The van der Waals surface area contributed by atoms with Crippen LogP contribution < -0.4 is 21.6 Å². The quantitative estimate of drug-likeness (QED) is 0.534. The number of methoxy groups -OCH3 is 1. The highest BCUT2D eigenvalue weighted by molar-refractivity contribution is 6.13. The first-order valence-corrected chi connectivity index (χ1v) is 4.98. The summed E-state index contributed by atoms with van der Waals surface area (Å²) in [4.78, 5) is 15.6. The lowest BCUT2D eigenvalue weighted by atomic mass is 10.1. The topological polar surface area (TPSA) is 138 Å². The van der Waals surface area contributed by atoms with Gasteiger partial charge in [-0.3, -0.25) is 5.41 Å². The van der Waals surface area contributed by atoms with Crippen LogP contribution in [-0.2, 0) is 0 Å². The van der Waals surface area contributed by atoms with Crippen molar-refractivity contribution in [3.63, 3.8) is 0 Å². The fourth-order valence-electron chi connectivity index (χ4n) is 1.39. The van der Waals surface area contributed by atoms with Gasteiger partial charge in [0.1, 0.15) is 23.5 Å². The smallest absolute Gasteiger partial charge is 0.316 e. The summed E-state index contributed by atoms with van der Waals surface area (Å²) in [6.07, 6.45) is 4.28. The predicted molar refractivity (Wildman–Crippen MR) is 64.6 cm³/mol. The molecule has 0 unspecified atom stereocenters. The lowest BCUT2D eigenvalue weighted by Crippen LogP contribution is -2.42. The molecule has 0 fully saturated rings. The maximum atomic E-state index is 5.97. The minimum atomic E-state index is 0.204. The molecular weight excluding hydrogens is 234 g/mol. The average Bonchev–Trinajstić information content (AvgIpc) is 2.38. The molecule has 0 atom stereocenters. The Bertz CT molecular complexity index is 561. The van der Waals surface area contributed by atoms with Crippen molar-refractivity contribution in [2.45, 2.75) is 0 Å². The van der Waals surface area contributed by atoms with Gasteiger partial charge in [0, 0.05) is 12.4 Å². The zero-order chi connectivity index (χ0) is 13.1. The molecule has 0 aliphatic heterocycles. The first-order chi connectivity index (χ1) is 8.63. The number of anilines is 2. The van der Waals surface area contributed by atoms with E-state index < -0.39 is 0 Å². The van der Waals surface area contributed by atoms with E-state index in [9.17, 15) is 0 Å². The molecule has 0 bridgehead atoms. The minimum Gasteiger partial charge on any atom is -0.467 e. The molecule has 2 aromatic heterocycles. The van der Waals surface area contributed by atoms with E-state index in [1.165, 1.54) is 25.8 Å². The van der Waals surface area contributed by atoms with Gasteiger partial charge in [0.25, 0.3) is 0 Å². The molecule has 0 aliphatic rings. The van der Waals surface area contributed by atoms with Gasteiger partial charge < -0.3 is 16.2 Å². The van der Waals surface area contributed by atoms with Crippen molar-refractivity contribution in [2.24, 2.45) is 0 Å². The van der Waals surface area contributed by atoms with Gasteiger partial charge in [-0.25, -0.2) is 19.9 Å². The van der Waals surface area contributed by atoms with Gasteiger partial charge in [-0.05, 0) is 0 Å². The summed E-state index contributed by atoms with van der Waals surface area (Å²) in [5.74, 6) is 0.409. The predicted octanol–water partition coefficient (Wildman–Crippen LogP) is -1.96. The Labute approximate surface area is 103 Å². The molecule has 2 aromatic rings. The number of ether oxygens (including phenoxy) is 1. The van der Waals surface area contributed by atoms with Crippen LogP contribution in [0.2, 0.25) is 0 Å². The summed E-state index contributed by atoms with van der Waals surface area (Å²) in [7, 11) is 1.48. The molecule has 8 nitrogen and oxygen atoms in total.